The molecule has 3 rings (SSSR count). The van der Waals surface area contributed by atoms with Gasteiger partial charge in [-0.1, -0.05) is 38.1 Å². The molecule has 7 heteroatoms. The van der Waals surface area contributed by atoms with E-state index < -0.39 is 0 Å². The molecule has 6 nitrogen and oxygen atoms in total. The molecule has 30 heavy (non-hydrogen) atoms. The van der Waals surface area contributed by atoms with Gasteiger partial charge >= 0.3 is 0 Å². The molecule has 2 aromatic rings. The van der Waals surface area contributed by atoms with Crippen LogP contribution in [0.3, 0.4) is 0 Å². The van der Waals surface area contributed by atoms with Gasteiger partial charge in [-0.3, -0.25) is 15.6 Å². The van der Waals surface area contributed by atoms with Crippen molar-refractivity contribution >= 4 is 14.5 Å². The van der Waals surface area contributed by atoms with Crippen molar-refractivity contribution in [2.24, 2.45) is 5.84 Å². The number of carbonyl (C=O) groups is 1. The number of ether oxygens (including phenoxy) is 1. The number of aryl methyl sites for hydroxylation is 1. The summed E-state index contributed by atoms with van der Waals surface area (Å²) in [4.78, 5) is 19.4. The van der Waals surface area contributed by atoms with Crippen LogP contribution < -0.4 is 16.0 Å². The van der Waals surface area contributed by atoms with E-state index in [4.69, 9.17) is 15.6 Å². The number of benzene rings is 1. The van der Waals surface area contributed by atoms with Crippen molar-refractivity contribution in [2.75, 3.05) is 19.3 Å². The average Bonchev–Trinajstić information content (AvgIpc) is 3.21. The summed E-state index contributed by atoms with van der Waals surface area (Å²) in [5, 5.41) is 0. The van der Waals surface area contributed by atoms with Gasteiger partial charge in [0.1, 0.15) is 17.2 Å². The van der Waals surface area contributed by atoms with Crippen LogP contribution in [0.2, 0.25) is 0 Å². The van der Waals surface area contributed by atoms with Gasteiger partial charge in [0.25, 0.3) is 5.91 Å². The number of nitrogens with one attached hydrogen (secondary N) is 1. The van der Waals surface area contributed by atoms with E-state index in [9.17, 15) is 4.79 Å². The van der Waals surface area contributed by atoms with Gasteiger partial charge in [-0.25, -0.2) is 0 Å². The van der Waals surface area contributed by atoms with E-state index in [0.717, 1.165) is 44.1 Å². The van der Waals surface area contributed by atoms with Gasteiger partial charge < -0.3 is 15.1 Å². The highest BCUT2D eigenvalue weighted by atomic mass is 31.1. The van der Waals surface area contributed by atoms with Crippen molar-refractivity contribution in [3.63, 3.8) is 0 Å². The predicted molar refractivity (Wildman–Crippen MR) is 123 cm³/mol. The fourth-order valence-electron chi connectivity index (χ4n) is 3.52. The lowest BCUT2D eigenvalue weighted by Gasteiger charge is -2.19. The number of amides is 1. The summed E-state index contributed by atoms with van der Waals surface area (Å²) in [5.41, 5.74) is 5.56. The maximum Gasteiger partial charge on any atom is 0.270 e. The number of hydrazine groups is 1. The monoisotopic (exact) mass is 426 g/mol. The van der Waals surface area contributed by atoms with Crippen molar-refractivity contribution < 1.29 is 9.53 Å². The first-order valence-electron chi connectivity index (χ1n) is 10.4. The fraction of sp³-hybridized carbons (Fsp3) is 0.391. The van der Waals surface area contributed by atoms with Crippen LogP contribution in [0.1, 0.15) is 37.6 Å². The molecule has 0 spiro atoms. The maximum atomic E-state index is 12.9. The first-order chi connectivity index (χ1) is 14.5. The maximum absolute atomic E-state index is 12.9. The lowest BCUT2D eigenvalue weighted by Crippen LogP contribution is -2.37. The van der Waals surface area contributed by atoms with Gasteiger partial charge in [0.15, 0.2) is 0 Å². The van der Waals surface area contributed by atoms with E-state index in [1.165, 1.54) is 0 Å². The smallest absolute Gasteiger partial charge is 0.270 e. The van der Waals surface area contributed by atoms with Gasteiger partial charge in [-0.05, 0) is 37.3 Å². The molecule has 2 heterocycles. The summed E-state index contributed by atoms with van der Waals surface area (Å²) in [6.07, 6.45) is 3.66. The second-order valence-electron chi connectivity index (χ2n) is 7.85. The first-order valence-corrected chi connectivity index (χ1v) is 11.7. The van der Waals surface area contributed by atoms with E-state index in [1.54, 1.807) is 0 Å². The number of hydrogen-bond acceptors (Lipinski definition) is 5. The topological polar surface area (TPSA) is 80.5 Å². The minimum Gasteiger partial charge on any atom is -0.457 e. The van der Waals surface area contributed by atoms with Gasteiger partial charge in [-0.15, -0.1) is 8.58 Å². The third-order valence-corrected chi connectivity index (χ3v) is 6.29. The number of aromatic nitrogens is 1. The molecule has 1 amide bonds. The summed E-state index contributed by atoms with van der Waals surface area (Å²) >= 11 is 0. The number of likely N-dealkylation sites (tertiary alicyclic amines) is 1. The van der Waals surface area contributed by atoms with Crippen LogP contribution in [0.15, 0.2) is 54.2 Å². The molecule has 0 aliphatic carbocycles. The SMILES string of the molecule is Cc1cc(Oc2ccccc2)cc(C2CCN(C(=O)/C(=C/CPC(C)C)NN)C2)n1. The number of allylic oxidation sites excluding steroid dienone is 1. The number of nitrogens with two attached hydrogens (primary N) is 1. The molecule has 1 aliphatic rings. The molecule has 1 aliphatic heterocycles. The zero-order chi connectivity index (χ0) is 21.5. The van der Waals surface area contributed by atoms with Crippen LogP contribution >= 0.6 is 8.58 Å². The Balaban J connectivity index is 1.67. The van der Waals surface area contributed by atoms with Gasteiger partial charge in [0.2, 0.25) is 0 Å². The molecule has 2 unspecified atom stereocenters. The molecular formula is C23H31N4O2P. The summed E-state index contributed by atoms with van der Waals surface area (Å²) in [5.74, 6) is 7.33. The highest BCUT2D eigenvalue weighted by Gasteiger charge is 2.30. The Kier molecular flexibility index (Phi) is 7.83. The van der Waals surface area contributed by atoms with Gasteiger partial charge in [-0.2, -0.15) is 0 Å². The number of rotatable bonds is 8. The predicted octanol–water partition coefficient (Wildman–Crippen LogP) is 3.93. The first kappa shape index (κ1) is 22.3. The van der Waals surface area contributed by atoms with Gasteiger partial charge in [0, 0.05) is 42.5 Å². The molecule has 1 aromatic carbocycles. The normalized spacial score (nSPS) is 17.2. The molecule has 0 radical (unpaired) electrons. The Morgan fingerprint density at radius 2 is 2.10 bits per heavy atom. The van der Waals surface area contributed by atoms with Crippen molar-refractivity contribution in [1.29, 1.82) is 0 Å². The fourth-order valence-corrected chi connectivity index (χ4v) is 4.31. The number of nitrogens with zero attached hydrogens (tertiary/aromatic N) is 2. The number of para-hydroxylation sites is 1. The van der Waals surface area contributed by atoms with E-state index in [1.807, 2.05) is 60.4 Å². The Morgan fingerprint density at radius 1 is 1.33 bits per heavy atom. The van der Waals surface area contributed by atoms with Crippen LogP contribution in [0.25, 0.3) is 0 Å². The summed E-state index contributed by atoms with van der Waals surface area (Å²) in [6, 6.07) is 13.6. The number of hydrogen-bond donors (Lipinski definition) is 2. The second kappa shape index (κ2) is 10.6. The Morgan fingerprint density at radius 3 is 2.80 bits per heavy atom. The van der Waals surface area contributed by atoms with Crippen molar-refractivity contribution in [2.45, 2.75) is 38.8 Å². The molecule has 1 fully saturated rings. The minimum atomic E-state index is -0.0398. The van der Waals surface area contributed by atoms with Crippen LogP contribution in [-0.4, -0.2) is 40.7 Å². The van der Waals surface area contributed by atoms with Crippen molar-refractivity contribution in [3.05, 3.63) is 65.6 Å². The van der Waals surface area contributed by atoms with Crippen LogP contribution in [-0.2, 0) is 4.79 Å². The minimum absolute atomic E-state index is 0.0398. The molecule has 2 atom stereocenters. The van der Waals surface area contributed by atoms with Crippen LogP contribution in [0, 0.1) is 6.92 Å². The third-order valence-electron chi connectivity index (χ3n) is 5.04. The highest BCUT2D eigenvalue weighted by molar-refractivity contribution is 7.39. The van der Waals surface area contributed by atoms with E-state index in [2.05, 4.69) is 19.3 Å². The second-order valence-corrected chi connectivity index (χ2v) is 9.82. The van der Waals surface area contributed by atoms with E-state index in [0.29, 0.717) is 24.4 Å². The zero-order valence-corrected chi connectivity index (χ0v) is 18.9. The van der Waals surface area contributed by atoms with Crippen molar-refractivity contribution in [1.82, 2.24) is 15.3 Å². The molecule has 160 valence electrons. The number of carbonyl (C=O) groups excluding carboxylic acids is 1. The van der Waals surface area contributed by atoms with Crippen LogP contribution in [0.5, 0.6) is 11.5 Å². The molecule has 0 bridgehead atoms. The molecular weight excluding hydrogens is 395 g/mol. The highest BCUT2D eigenvalue weighted by Crippen LogP contribution is 2.31. The van der Waals surface area contributed by atoms with E-state index in [-0.39, 0.29) is 11.8 Å². The molecule has 3 N–H and O–H groups in total. The van der Waals surface area contributed by atoms with E-state index >= 15 is 0 Å². The average molecular weight is 427 g/mol. The summed E-state index contributed by atoms with van der Waals surface area (Å²) < 4.78 is 6.00. The lowest BCUT2D eigenvalue weighted by molar-refractivity contribution is -0.126. The van der Waals surface area contributed by atoms with Crippen molar-refractivity contribution in [3.8, 4) is 11.5 Å². The zero-order valence-electron chi connectivity index (χ0n) is 17.9. The lowest BCUT2D eigenvalue weighted by atomic mass is 10.0. The third kappa shape index (κ3) is 6.04. The Hall–Kier alpha value is -2.43. The largest absolute Gasteiger partial charge is 0.457 e. The Labute approximate surface area is 180 Å². The van der Waals surface area contributed by atoms with Crippen LogP contribution in [0.4, 0.5) is 0 Å². The van der Waals surface area contributed by atoms with Gasteiger partial charge in [0.05, 0.1) is 0 Å². The Bertz CT molecular complexity index is 886. The summed E-state index contributed by atoms with van der Waals surface area (Å²) in [7, 11) is 0.779. The molecule has 1 aromatic heterocycles. The quantitative estimate of drug-likeness (QED) is 0.289. The molecule has 0 saturated carbocycles. The number of pyridine rings is 1. The standard InChI is InChI=1S/C23H31N4O2P/c1-16(2)30-12-10-21(26-24)23(28)27-11-9-18(15-27)22-14-20(13-17(3)25-22)29-19-7-5-4-6-8-19/h4-8,10,13-14,16,18,26,30H,9,11-12,15,24H2,1-3H3/b21-10-. The summed E-state index contributed by atoms with van der Waals surface area (Å²) in [6.45, 7) is 7.65. The molecule has 1 saturated heterocycles.